The first-order valence-corrected chi connectivity index (χ1v) is 5.15. The Hall–Kier alpha value is -1.02. The van der Waals surface area contributed by atoms with Gasteiger partial charge in [-0.25, -0.2) is 0 Å². The highest BCUT2D eigenvalue weighted by molar-refractivity contribution is 5.28. The SMILES string of the molecule is CCCN[C@@H](C)c1ccc(OC)cc1. The molecule has 1 rings (SSSR count). The quantitative estimate of drug-likeness (QED) is 0.776. The lowest BCUT2D eigenvalue weighted by Gasteiger charge is -2.13. The minimum Gasteiger partial charge on any atom is -0.497 e. The smallest absolute Gasteiger partial charge is 0.118 e. The van der Waals surface area contributed by atoms with Crippen LogP contribution in [0.2, 0.25) is 0 Å². The second-order valence-electron chi connectivity index (χ2n) is 3.45. The number of nitrogens with one attached hydrogen (secondary N) is 1. The Kier molecular flexibility index (Phi) is 4.47. The van der Waals surface area contributed by atoms with Gasteiger partial charge in [0.25, 0.3) is 0 Å². The summed E-state index contributed by atoms with van der Waals surface area (Å²) in [6.07, 6.45) is 1.17. The van der Waals surface area contributed by atoms with Crippen molar-refractivity contribution in [3.8, 4) is 5.75 Å². The maximum atomic E-state index is 5.11. The van der Waals surface area contributed by atoms with Crippen LogP contribution in [0.4, 0.5) is 0 Å². The average Bonchev–Trinajstić information content (AvgIpc) is 2.26. The van der Waals surface area contributed by atoms with E-state index in [9.17, 15) is 0 Å². The van der Waals surface area contributed by atoms with E-state index in [1.165, 1.54) is 12.0 Å². The summed E-state index contributed by atoms with van der Waals surface area (Å²) in [7, 11) is 1.69. The molecule has 1 atom stereocenters. The van der Waals surface area contributed by atoms with Crippen molar-refractivity contribution in [3.63, 3.8) is 0 Å². The molecule has 0 aliphatic rings. The first kappa shape index (κ1) is 11.1. The van der Waals surface area contributed by atoms with Gasteiger partial charge in [0.2, 0.25) is 0 Å². The minimum absolute atomic E-state index is 0.417. The molecular formula is C12H19NO. The Morgan fingerprint density at radius 1 is 1.29 bits per heavy atom. The zero-order valence-electron chi connectivity index (χ0n) is 9.21. The van der Waals surface area contributed by atoms with Gasteiger partial charge < -0.3 is 10.1 Å². The molecule has 1 aromatic carbocycles. The maximum Gasteiger partial charge on any atom is 0.118 e. The fourth-order valence-corrected chi connectivity index (χ4v) is 1.37. The van der Waals surface area contributed by atoms with Crippen LogP contribution in [-0.4, -0.2) is 13.7 Å². The summed E-state index contributed by atoms with van der Waals surface area (Å²) in [6, 6.07) is 8.62. The van der Waals surface area contributed by atoms with Crippen molar-refractivity contribution < 1.29 is 4.74 Å². The van der Waals surface area contributed by atoms with Crippen molar-refractivity contribution in [3.05, 3.63) is 29.8 Å². The number of benzene rings is 1. The highest BCUT2D eigenvalue weighted by Gasteiger charge is 2.03. The molecule has 0 aromatic heterocycles. The fraction of sp³-hybridized carbons (Fsp3) is 0.500. The number of rotatable bonds is 5. The van der Waals surface area contributed by atoms with E-state index in [0.29, 0.717) is 6.04 Å². The highest BCUT2D eigenvalue weighted by atomic mass is 16.5. The molecule has 0 fully saturated rings. The summed E-state index contributed by atoms with van der Waals surface area (Å²) in [5.41, 5.74) is 1.30. The van der Waals surface area contributed by atoms with Gasteiger partial charge in [-0.3, -0.25) is 0 Å². The summed E-state index contributed by atoms with van der Waals surface area (Å²) >= 11 is 0. The molecule has 14 heavy (non-hydrogen) atoms. The standard InChI is InChI=1S/C12H19NO/c1-4-9-13-10(2)11-5-7-12(14-3)8-6-11/h5-8,10,13H,4,9H2,1-3H3/t10-/m0/s1. The Morgan fingerprint density at radius 2 is 1.93 bits per heavy atom. The Labute approximate surface area is 86.3 Å². The van der Waals surface area contributed by atoms with Crippen molar-refractivity contribution in [1.82, 2.24) is 5.32 Å². The molecule has 0 aliphatic carbocycles. The first-order chi connectivity index (χ1) is 6.77. The molecule has 0 amide bonds. The number of ether oxygens (including phenoxy) is 1. The maximum absolute atomic E-state index is 5.11. The van der Waals surface area contributed by atoms with Crippen molar-refractivity contribution in [2.45, 2.75) is 26.3 Å². The van der Waals surface area contributed by atoms with Gasteiger partial charge in [-0.1, -0.05) is 19.1 Å². The molecule has 78 valence electrons. The predicted octanol–water partition coefficient (Wildman–Crippen LogP) is 2.76. The van der Waals surface area contributed by atoms with Gasteiger partial charge in [0.05, 0.1) is 7.11 Å². The third-order valence-corrected chi connectivity index (χ3v) is 2.32. The van der Waals surface area contributed by atoms with Gasteiger partial charge in [0.1, 0.15) is 5.75 Å². The molecule has 0 spiro atoms. The average molecular weight is 193 g/mol. The molecule has 2 heteroatoms. The number of methoxy groups -OCH3 is 1. The molecule has 0 heterocycles. The van der Waals surface area contributed by atoms with Crippen LogP contribution in [0.15, 0.2) is 24.3 Å². The molecule has 0 saturated heterocycles. The van der Waals surface area contributed by atoms with Crippen LogP contribution in [0.25, 0.3) is 0 Å². The van der Waals surface area contributed by atoms with Gasteiger partial charge in [-0.15, -0.1) is 0 Å². The van der Waals surface area contributed by atoms with E-state index in [4.69, 9.17) is 4.74 Å². The second kappa shape index (κ2) is 5.66. The zero-order chi connectivity index (χ0) is 10.4. The van der Waals surface area contributed by atoms with Crippen molar-refractivity contribution in [2.75, 3.05) is 13.7 Å². The number of hydrogen-bond donors (Lipinski definition) is 1. The third kappa shape index (κ3) is 3.04. The molecule has 1 N–H and O–H groups in total. The second-order valence-corrected chi connectivity index (χ2v) is 3.45. The predicted molar refractivity (Wildman–Crippen MR) is 59.7 cm³/mol. The van der Waals surface area contributed by atoms with Crippen LogP contribution < -0.4 is 10.1 Å². The highest BCUT2D eigenvalue weighted by Crippen LogP contribution is 2.16. The van der Waals surface area contributed by atoms with Gasteiger partial charge >= 0.3 is 0 Å². The molecule has 0 bridgehead atoms. The monoisotopic (exact) mass is 193 g/mol. The minimum atomic E-state index is 0.417. The van der Waals surface area contributed by atoms with E-state index < -0.39 is 0 Å². The van der Waals surface area contributed by atoms with Crippen molar-refractivity contribution in [1.29, 1.82) is 0 Å². The molecule has 0 unspecified atom stereocenters. The van der Waals surface area contributed by atoms with Gasteiger partial charge in [0, 0.05) is 6.04 Å². The van der Waals surface area contributed by atoms with Crippen molar-refractivity contribution >= 4 is 0 Å². The van der Waals surface area contributed by atoms with Crippen LogP contribution in [0.1, 0.15) is 31.9 Å². The third-order valence-electron chi connectivity index (χ3n) is 2.32. The van der Waals surface area contributed by atoms with Gasteiger partial charge in [0.15, 0.2) is 0 Å². The molecule has 0 saturated carbocycles. The first-order valence-electron chi connectivity index (χ1n) is 5.15. The zero-order valence-corrected chi connectivity index (χ0v) is 9.21. The topological polar surface area (TPSA) is 21.3 Å². The normalized spacial score (nSPS) is 12.5. The van der Waals surface area contributed by atoms with E-state index in [-0.39, 0.29) is 0 Å². The van der Waals surface area contributed by atoms with Gasteiger partial charge in [-0.05, 0) is 37.6 Å². The lowest BCUT2D eigenvalue weighted by Crippen LogP contribution is -2.19. The van der Waals surface area contributed by atoms with Crippen LogP contribution in [0.3, 0.4) is 0 Å². The van der Waals surface area contributed by atoms with Crippen LogP contribution >= 0.6 is 0 Å². The van der Waals surface area contributed by atoms with E-state index in [0.717, 1.165) is 12.3 Å². The molecular weight excluding hydrogens is 174 g/mol. The molecule has 1 aromatic rings. The van der Waals surface area contributed by atoms with Crippen LogP contribution in [0.5, 0.6) is 5.75 Å². The fourth-order valence-electron chi connectivity index (χ4n) is 1.37. The van der Waals surface area contributed by atoms with Gasteiger partial charge in [-0.2, -0.15) is 0 Å². The van der Waals surface area contributed by atoms with E-state index >= 15 is 0 Å². The largest absolute Gasteiger partial charge is 0.497 e. The van der Waals surface area contributed by atoms with E-state index in [1.54, 1.807) is 7.11 Å². The summed E-state index contributed by atoms with van der Waals surface area (Å²) in [4.78, 5) is 0. The lowest BCUT2D eigenvalue weighted by molar-refractivity contribution is 0.414. The molecule has 2 nitrogen and oxygen atoms in total. The Bertz CT molecular complexity index is 256. The summed E-state index contributed by atoms with van der Waals surface area (Å²) in [5, 5.41) is 3.45. The summed E-state index contributed by atoms with van der Waals surface area (Å²) < 4.78 is 5.11. The van der Waals surface area contributed by atoms with Crippen LogP contribution in [0, 0.1) is 0 Å². The van der Waals surface area contributed by atoms with Crippen molar-refractivity contribution in [2.24, 2.45) is 0 Å². The molecule has 0 aliphatic heterocycles. The number of hydrogen-bond acceptors (Lipinski definition) is 2. The Morgan fingerprint density at radius 3 is 2.43 bits per heavy atom. The summed E-state index contributed by atoms with van der Waals surface area (Å²) in [6.45, 7) is 5.42. The van der Waals surface area contributed by atoms with E-state index in [2.05, 4.69) is 31.3 Å². The molecule has 0 radical (unpaired) electrons. The Balaban J connectivity index is 2.57. The lowest BCUT2D eigenvalue weighted by atomic mass is 10.1. The van der Waals surface area contributed by atoms with E-state index in [1.807, 2.05) is 12.1 Å². The van der Waals surface area contributed by atoms with Crippen LogP contribution in [-0.2, 0) is 0 Å². The summed E-state index contributed by atoms with van der Waals surface area (Å²) in [5.74, 6) is 0.913.